The van der Waals surface area contributed by atoms with Crippen molar-refractivity contribution < 1.29 is 24.5 Å². The molecule has 0 heterocycles. The number of ether oxygens (including phenoxy) is 1. The second-order valence-corrected chi connectivity index (χ2v) is 19.3. The summed E-state index contributed by atoms with van der Waals surface area (Å²) in [4.78, 5) is 24.5. The van der Waals surface area contributed by atoms with Gasteiger partial charge in [-0.3, -0.25) is 9.59 Å². The van der Waals surface area contributed by atoms with Gasteiger partial charge in [0.2, 0.25) is 5.91 Å². The third-order valence-electron chi connectivity index (χ3n) is 13.1. The van der Waals surface area contributed by atoms with Crippen molar-refractivity contribution in [3.8, 4) is 0 Å². The maximum atomic E-state index is 12.4. The third kappa shape index (κ3) is 48.1. The van der Waals surface area contributed by atoms with Gasteiger partial charge >= 0.3 is 5.97 Å². The van der Waals surface area contributed by atoms with Crippen LogP contribution in [0.15, 0.2) is 12.2 Å². The first-order valence-corrected chi connectivity index (χ1v) is 27.9. The molecule has 0 radical (unpaired) electrons. The van der Waals surface area contributed by atoms with E-state index in [9.17, 15) is 19.8 Å². The molecule has 0 aromatic carbocycles. The first-order chi connectivity index (χ1) is 30.5. The Morgan fingerprint density at radius 2 is 0.758 bits per heavy atom. The Morgan fingerprint density at radius 1 is 0.435 bits per heavy atom. The lowest BCUT2D eigenvalue weighted by Crippen LogP contribution is -2.45. The van der Waals surface area contributed by atoms with Gasteiger partial charge in [0.15, 0.2) is 0 Å². The molecule has 0 saturated carbocycles. The predicted octanol–water partition coefficient (Wildman–Crippen LogP) is 16.9. The molecular formula is C56H109NO5. The van der Waals surface area contributed by atoms with E-state index in [4.69, 9.17) is 4.74 Å². The zero-order valence-corrected chi connectivity index (χ0v) is 41.9. The fourth-order valence-corrected chi connectivity index (χ4v) is 8.75. The van der Waals surface area contributed by atoms with Gasteiger partial charge in [-0.25, -0.2) is 0 Å². The number of allylic oxidation sites excluding steroid dienone is 2. The molecule has 2 unspecified atom stereocenters. The minimum absolute atomic E-state index is 0.00748. The van der Waals surface area contributed by atoms with Gasteiger partial charge in [-0.15, -0.1) is 0 Å². The molecule has 0 aromatic heterocycles. The van der Waals surface area contributed by atoms with Gasteiger partial charge in [0.25, 0.3) is 0 Å². The van der Waals surface area contributed by atoms with Crippen LogP contribution in [0.25, 0.3) is 0 Å². The first-order valence-electron chi connectivity index (χ1n) is 27.9. The molecule has 62 heavy (non-hydrogen) atoms. The number of unbranched alkanes of at least 4 members (excludes halogenated alkanes) is 39. The fourth-order valence-electron chi connectivity index (χ4n) is 8.75. The Kier molecular flexibility index (Phi) is 51.0. The second-order valence-electron chi connectivity index (χ2n) is 19.3. The highest BCUT2D eigenvalue weighted by Gasteiger charge is 2.20. The quantitative estimate of drug-likeness (QED) is 0.0321. The molecule has 0 spiro atoms. The van der Waals surface area contributed by atoms with Crippen molar-refractivity contribution in [3.63, 3.8) is 0 Å². The number of carbonyl (C=O) groups is 2. The third-order valence-corrected chi connectivity index (χ3v) is 13.1. The summed E-state index contributed by atoms with van der Waals surface area (Å²) >= 11 is 0. The topological polar surface area (TPSA) is 95.9 Å². The van der Waals surface area contributed by atoms with Crippen molar-refractivity contribution in [2.24, 2.45) is 0 Å². The molecule has 3 N–H and O–H groups in total. The molecule has 2 atom stereocenters. The van der Waals surface area contributed by atoms with Crippen LogP contribution in [-0.2, 0) is 14.3 Å². The van der Waals surface area contributed by atoms with E-state index < -0.39 is 12.1 Å². The number of aliphatic hydroxyl groups excluding tert-OH is 2. The Morgan fingerprint density at radius 3 is 1.16 bits per heavy atom. The minimum atomic E-state index is -0.679. The highest BCUT2D eigenvalue weighted by molar-refractivity contribution is 5.76. The molecule has 6 heteroatoms. The molecule has 368 valence electrons. The van der Waals surface area contributed by atoms with Gasteiger partial charge in [0.05, 0.1) is 25.4 Å². The second kappa shape index (κ2) is 52.2. The van der Waals surface area contributed by atoms with E-state index in [1.165, 1.54) is 205 Å². The van der Waals surface area contributed by atoms with E-state index >= 15 is 0 Å². The van der Waals surface area contributed by atoms with Crippen LogP contribution in [0.5, 0.6) is 0 Å². The summed E-state index contributed by atoms with van der Waals surface area (Å²) in [5.41, 5.74) is 0. The van der Waals surface area contributed by atoms with E-state index in [0.29, 0.717) is 25.9 Å². The van der Waals surface area contributed by atoms with Crippen LogP contribution < -0.4 is 5.32 Å². The summed E-state index contributed by atoms with van der Waals surface area (Å²) < 4.78 is 5.48. The fraction of sp³-hybridized carbons (Fsp3) is 0.929. The van der Waals surface area contributed by atoms with Crippen molar-refractivity contribution in [1.29, 1.82) is 0 Å². The molecule has 1 amide bonds. The van der Waals surface area contributed by atoms with Crippen LogP contribution in [0.1, 0.15) is 309 Å². The van der Waals surface area contributed by atoms with Crippen molar-refractivity contribution in [1.82, 2.24) is 5.32 Å². The minimum Gasteiger partial charge on any atom is -0.466 e. The molecule has 0 bridgehead atoms. The number of amides is 1. The average molecular weight is 876 g/mol. The summed E-state index contributed by atoms with van der Waals surface area (Å²) in [6.07, 6.45) is 60.5. The molecule has 0 aromatic rings. The number of aliphatic hydroxyl groups is 2. The lowest BCUT2D eigenvalue weighted by Gasteiger charge is -2.22. The van der Waals surface area contributed by atoms with E-state index in [1.807, 2.05) is 0 Å². The molecule has 0 saturated heterocycles. The van der Waals surface area contributed by atoms with Gasteiger partial charge in [0, 0.05) is 12.8 Å². The van der Waals surface area contributed by atoms with Crippen LogP contribution >= 0.6 is 0 Å². The Balaban J connectivity index is 3.44. The van der Waals surface area contributed by atoms with Crippen molar-refractivity contribution in [3.05, 3.63) is 12.2 Å². The van der Waals surface area contributed by atoms with E-state index in [0.717, 1.165) is 70.6 Å². The van der Waals surface area contributed by atoms with E-state index in [1.54, 1.807) is 0 Å². The molecule has 0 aliphatic heterocycles. The normalized spacial score (nSPS) is 12.6. The van der Waals surface area contributed by atoms with Gasteiger partial charge in [-0.05, 0) is 51.4 Å². The SMILES string of the molecule is CCCCCCCCCCCCCCCCCCCCCC(=O)OCCCCCCCC/C=C\CCCCCC(=O)NC(CO)C(O)CCCCCCCCCCCCCCC. The molecule has 0 aliphatic rings. The van der Waals surface area contributed by atoms with Crippen LogP contribution in [0.4, 0.5) is 0 Å². The number of hydrogen-bond acceptors (Lipinski definition) is 5. The van der Waals surface area contributed by atoms with Gasteiger partial charge in [0.1, 0.15) is 0 Å². The van der Waals surface area contributed by atoms with Crippen LogP contribution in [0, 0.1) is 0 Å². The summed E-state index contributed by atoms with van der Waals surface area (Å²) in [5, 5.41) is 23.2. The number of esters is 1. The van der Waals surface area contributed by atoms with Crippen molar-refractivity contribution in [2.45, 2.75) is 321 Å². The Bertz CT molecular complexity index is 924. The standard InChI is InChI=1S/C56H109NO5/c1-3-5-7-9-11-13-15-17-18-19-20-21-22-26-30-34-38-42-46-50-56(61)62-51-47-43-39-35-31-27-23-25-29-33-37-41-45-49-55(60)57-53(52-58)54(59)48-44-40-36-32-28-24-16-14-12-10-8-6-4-2/h25,29,53-54,58-59H,3-24,26-28,30-52H2,1-2H3,(H,57,60)/b29-25-. The van der Waals surface area contributed by atoms with Gasteiger partial charge < -0.3 is 20.3 Å². The number of nitrogens with one attached hydrogen (secondary N) is 1. The van der Waals surface area contributed by atoms with Gasteiger partial charge in [-0.2, -0.15) is 0 Å². The lowest BCUT2D eigenvalue weighted by molar-refractivity contribution is -0.143. The number of rotatable bonds is 52. The molecule has 0 rings (SSSR count). The summed E-state index contributed by atoms with van der Waals surface area (Å²) in [6.45, 7) is 4.93. The number of carbonyl (C=O) groups excluding carboxylic acids is 2. The highest BCUT2D eigenvalue weighted by Crippen LogP contribution is 2.17. The molecular weight excluding hydrogens is 767 g/mol. The largest absolute Gasteiger partial charge is 0.466 e. The van der Waals surface area contributed by atoms with Crippen molar-refractivity contribution >= 4 is 11.9 Å². The molecule has 0 aliphatic carbocycles. The molecule has 6 nitrogen and oxygen atoms in total. The monoisotopic (exact) mass is 876 g/mol. The first kappa shape index (κ1) is 60.6. The van der Waals surface area contributed by atoms with Crippen LogP contribution in [0.2, 0.25) is 0 Å². The Labute approximate surface area is 387 Å². The zero-order valence-electron chi connectivity index (χ0n) is 41.9. The van der Waals surface area contributed by atoms with E-state index in [2.05, 4.69) is 31.3 Å². The predicted molar refractivity (Wildman–Crippen MR) is 269 cm³/mol. The Hall–Kier alpha value is -1.40. The highest BCUT2D eigenvalue weighted by atomic mass is 16.5. The molecule has 0 fully saturated rings. The lowest BCUT2D eigenvalue weighted by atomic mass is 10.0. The maximum absolute atomic E-state index is 12.4. The zero-order chi connectivity index (χ0) is 45.1. The summed E-state index contributed by atoms with van der Waals surface area (Å²) in [5.74, 6) is -0.0712. The maximum Gasteiger partial charge on any atom is 0.305 e. The smallest absolute Gasteiger partial charge is 0.305 e. The average Bonchev–Trinajstić information content (AvgIpc) is 3.27. The summed E-state index contributed by atoms with van der Waals surface area (Å²) in [7, 11) is 0. The van der Waals surface area contributed by atoms with Crippen LogP contribution in [-0.4, -0.2) is 47.4 Å². The summed E-state index contributed by atoms with van der Waals surface area (Å²) in [6, 6.07) is -0.560. The van der Waals surface area contributed by atoms with Crippen LogP contribution in [0.3, 0.4) is 0 Å². The number of hydrogen-bond donors (Lipinski definition) is 3. The van der Waals surface area contributed by atoms with Gasteiger partial charge in [-0.1, -0.05) is 257 Å². The van der Waals surface area contributed by atoms with E-state index in [-0.39, 0.29) is 18.5 Å². The van der Waals surface area contributed by atoms with Crippen molar-refractivity contribution in [2.75, 3.05) is 13.2 Å².